The van der Waals surface area contributed by atoms with E-state index in [1.54, 1.807) is 18.2 Å². The Bertz CT molecular complexity index is 554. The van der Waals surface area contributed by atoms with Gasteiger partial charge in [0.2, 0.25) is 10.0 Å². The Labute approximate surface area is 121 Å². The molecule has 1 aromatic carbocycles. The fourth-order valence-electron chi connectivity index (χ4n) is 1.55. The molecule has 3 N–H and O–H groups in total. The minimum Gasteiger partial charge on any atom is -0.495 e. The van der Waals surface area contributed by atoms with Crippen LogP contribution in [0.1, 0.15) is 32.8 Å². The first-order chi connectivity index (χ1) is 9.25. The zero-order valence-corrected chi connectivity index (χ0v) is 13.4. The predicted molar refractivity (Wildman–Crippen MR) is 80.1 cm³/mol. The Morgan fingerprint density at radius 3 is 2.50 bits per heavy atom. The van der Waals surface area contributed by atoms with Gasteiger partial charge in [-0.15, -0.1) is 0 Å². The molecule has 0 amide bonds. The lowest BCUT2D eigenvalue weighted by Gasteiger charge is -2.23. The van der Waals surface area contributed by atoms with Gasteiger partial charge in [0.05, 0.1) is 7.11 Å². The van der Waals surface area contributed by atoms with Crippen LogP contribution in [-0.4, -0.2) is 22.1 Å². The van der Waals surface area contributed by atoms with Crippen LogP contribution < -0.4 is 15.2 Å². The van der Waals surface area contributed by atoms with Crippen LogP contribution in [0, 0.1) is 5.41 Å². The monoisotopic (exact) mass is 300 g/mol. The average Bonchev–Trinajstić information content (AvgIpc) is 2.44. The molecule has 0 spiro atoms. The van der Waals surface area contributed by atoms with Gasteiger partial charge in [-0.25, -0.2) is 13.1 Å². The van der Waals surface area contributed by atoms with Crippen molar-refractivity contribution in [2.75, 3.05) is 13.7 Å². The van der Waals surface area contributed by atoms with E-state index < -0.39 is 10.0 Å². The molecule has 0 heterocycles. The molecule has 0 saturated carbocycles. The minimum atomic E-state index is -3.61. The molecule has 114 valence electrons. The van der Waals surface area contributed by atoms with Gasteiger partial charge >= 0.3 is 0 Å². The molecule has 0 atom stereocenters. The summed E-state index contributed by atoms with van der Waals surface area (Å²) >= 11 is 0. The number of ether oxygens (including phenoxy) is 1. The quantitative estimate of drug-likeness (QED) is 0.805. The Morgan fingerprint density at radius 1 is 1.35 bits per heavy atom. The number of hydrogen-bond acceptors (Lipinski definition) is 4. The van der Waals surface area contributed by atoms with Gasteiger partial charge in [-0.05, 0) is 29.5 Å². The molecule has 0 radical (unpaired) electrons. The van der Waals surface area contributed by atoms with E-state index in [0.29, 0.717) is 12.3 Å². The number of benzene rings is 1. The number of nitrogens with two attached hydrogens (primary N) is 1. The van der Waals surface area contributed by atoms with Gasteiger partial charge in [0, 0.05) is 13.1 Å². The maximum atomic E-state index is 12.4. The van der Waals surface area contributed by atoms with Crippen LogP contribution in [-0.2, 0) is 16.6 Å². The van der Waals surface area contributed by atoms with E-state index in [2.05, 4.69) is 4.72 Å². The van der Waals surface area contributed by atoms with Crippen molar-refractivity contribution in [1.82, 2.24) is 4.72 Å². The molecule has 5 nitrogen and oxygen atoms in total. The molecule has 1 aromatic rings. The Morgan fingerprint density at radius 2 is 2.00 bits per heavy atom. The predicted octanol–water partition coefficient (Wildman–Crippen LogP) is 1.87. The number of methoxy groups -OCH3 is 1. The summed E-state index contributed by atoms with van der Waals surface area (Å²) < 4.78 is 32.6. The third-order valence-electron chi connectivity index (χ3n) is 3.45. The van der Waals surface area contributed by atoms with Crippen molar-refractivity contribution in [3.63, 3.8) is 0 Å². The van der Waals surface area contributed by atoms with Crippen molar-refractivity contribution < 1.29 is 13.2 Å². The molecular formula is C14H24N2O3S. The van der Waals surface area contributed by atoms with Crippen molar-refractivity contribution in [2.24, 2.45) is 11.1 Å². The summed E-state index contributed by atoms with van der Waals surface area (Å²) in [6, 6.07) is 4.94. The van der Waals surface area contributed by atoms with E-state index in [1.165, 1.54) is 7.11 Å². The van der Waals surface area contributed by atoms with Crippen LogP contribution in [0.15, 0.2) is 23.1 Å². The van der Waals surface area contributed by atoms with Gasteiger partial charge < -0.3 is 10.5 Å². The highest BCUT2D eigenvalue weighted by Gasteiger charge is 2.23. The standard InChI is InChI=1S/C14H24N2O3S/c1-5-14(2,3)10-16-20(17,18)13-8-11(9-15)6-7-12(13)19-4/h6-8,16H,5,9-10,15H2,1-4H3. The molecule has 0 aliphatic heterocycles. The number of nitrogens with one attached hydrogen (secondary N) is 1. The summed E-state index contributed by atoms with van der Waals surface area (Å²) in [6.45, 7) is 6.73. The molecule has 6 heteroatoms. The summed E-state index contributed by atoms with van der Waals surface area (Å²) in [5.41, 5.74) is 6.22. The van der Waals surface area contributed by atoms with Gasteiger partial charge in [-0.2, -0.15) is 0 Å². The molecule has 1 rings (SSSR count). The Kier molecular flexibility index (Phi) is 5.56. The maximum absolute atomic E-state index is 12.4. The van der Waals surface area contributed by atoms with Crippen molar-refractivity contribution >= 4 is 10.0 Å². The summed E-state index contributed by atoms with van der Waals surface area (Å²) in [4.78, 5) is 0.134. The van der Waals surface area contributed by atoms with Crippen LogP contribution in [0.25, 0.3) is 0 Å². The average molecular weight is 300 g/mol. The summed E-state index contributed by atoms with van der Waals surface area (Å²) in [6.07, 6.45) is 0.884. The second kappa shape index (κ2) is 6.56. The van der Waals surface area contributed by atoms with Crippen LogP contribution in [0.4, 0.5) is 0 Å². The second-order valence-corrected chi connectivity index (χ2v) is 7.27. The van der Waals surface area contributed by atoms with Crippen LogP contribution in [0.3, 0.4) is 0 Å². The van der Waals surface area contributed by atoms with Gasteiger partial charge in [-0.3, -0.25) is 0 Å². The first-order valence-electron chi connectivity index (χ1n) is 6.62. The smallest absolute Gasteiger partial charge is 0.244 e. The Balaban J connectivity index is 3.08. The number of rotatable bonds is 7. The van der Waals surface area contributed by atoms with E-state index in [4.69, 9.17) is 10.5 Å². The lowest BCUT2D eigenvalue weighted by Crippen LogP contribution is -2.33. The highest BCUT2D eigenvalue weighted by molar-refractivity contribution is 7.89. The van der Waals surface area contributed by atoms with Crippen molar-refractivity contribution in [2.45, 2.75) is 38.6 Å². The number of sulfonamides is 1. The minimum absolute atomic E-state index is 0.0915. The molecular weight excluding hydrogens is 276 g/mol. The molecule has 0 bridgehead atoms. The molecule has 0 fully saturated rings. The summed E-state index contributed by atoms with van der Waals surface area (Å²) in [7, 11) is -2.16. The third-order valence-corrected chi connectivity index (χ3v) is 4.87. The van der Waals surface area contributed by atoms with Gasteiger partial charge in [0.25, 0.3) is 0 Å². The summed E-state index contributed by atoms with van der Waals surface area (Å²) in [5, 5.41) is 0. The molecule has 0 aliphatic rings. The molecule has 0 aliphatic carbocycles. The van der Waals surface area contributed by atoms with Crippen molar-refractivity contribution in [3.05, 3.63) is 23.8 Å². The van der Waals surface area contributed by atoms with Crippen molar-refractivity contribution in [1.29, 1.82) is 0 Å². The first-order valence-corrected chi connectivity index (χ1v) is 8.10. The SMILES string of the molecule is CCC(C)(C)CNS(=O)(=O)c1cc(CN)ccc1OC. The second-order valence-electron chi connectivity index (χ2n) is 5.53. The van der Waals surface area contributed by atoms with Crippen LogP contribution in [0.2, 0.25) is 0 Å². The molecule has 0 unspecified atom stereocenters. The normalized spacial score (nSPS) is 12.4. The Hall–Kier alpha value is -1.11. The fourth-order valence-corrected chi connectivity index (χ4v) is 3.01. The number of hydrogen-bond donors (Lipinski definition) is 2. The fraction of sp³-hybridized carbons (Fsp3) is 0.571. The van der Waals surface area contributed by atoms with Crippen LogP contribution >= 0.6 is 0 Å². The summed E-state index contributed by atoms with van der Waals surface area (Å²) in [5.74, 6) is 0.323. The zero-order valence-electron chi connectivity index (χ0n) is 12.6. The van der Waals surface area contributed by atoms with Gasteiger partial charge in [0.1, 0.15) is 10.6 Å². The lowest BCUT2D eigenvalue weighted by molar-refractivity contribution is 0.349. The van der Waals surface area contributed by atoms with E-state index in [0.717, 1.165) is 12.0 Å². The van der Waals surface area contributed by atoms with E-state index in [-0.39, 0.29) is 16.9 Å². The van der Waals surface area contributed by atoms with Crippen molar-refractivity contribution in [3.8, 4) is 5.75 Å². The van der Waals surface area contributed by atoms with Gasteiger partial charge in [-0.1, -0.05) is 26.8 Å². The maximum Gasteiger partial charge on any atom is 0.244 e. The highest BCUT2D eigenvalue weighted by atomic mass is 32.2. The van der Waals surface area contributed by atoms with Crippen LogP contribution in [0.5, 0.6) is 5.75 Å². The molecule has 0 saturated heterocycles. The molecule has 20 heavy (non-hydrogen) atoms. The first kappa shape index (κ1) is 16.9. The van der Waals surface area contributed by atoms with E-state index in [9.17, 15) is 8.42 Å². The molecule has 0 aromatic heterocycles. The highest BCUT2D eigenvalue weighted by Crippen LogP contribution is 2.26. The third kappa shape index (κ3) is 4.19. The van der Waals surface area contributed by atoms with E-state index >= 15 is 0 Å². The zero-order chi connectivity index (χ0) is 15.4. The largest absolute Gasteiger partial charge is 0.495 e. The topological polar surface area (TPSA) is 81.4 Å². The van der Waals surface area contributed by atoms with E-state index in [1.807, 2.05) is 20.8 Å². The lowest BCUT2D eigenvalue weighted by atomic mass is 9.91. The van der Waals surface area contributed by atoms with Gasteiger partial charge in [0.15, 0.2) is 0 Å².